The Kier molecular flexibility index (Phi) is 9.63. The number of alkyl halides is 6. The summed E-state index contributed by atoms with van der Waals surface area (Å²) in [7, 11) is 0. The molecule has 1 aliphatic heterocycles. The number of rotatable bonds is 6. The van der Waals surface area contributed by atoms with Gasteiger partial charge in [-0.25, -0.2) is 9.18 Å². The van der Waals surface area contributed by atoms with Gasteiger partial charge in [-0.1, -0.05) is 13.0 Å². The summed E-state index contributed by atoms with van der Waals surface area (Å²) in [6.45, 7) is 4.10. The smallest absolute Gasteiger partial charge is 0.416 e. The molecule has 2 amide bonds. The van der Waals surface area contributed by atoms with Crippen molar-refractivity contribution in [2.45, 2.75) is 69.9 Å². The average molecular weight is 618 g/mol. The summed E-state index contributed by atoms with van der Waals surface area (Å²) < 4.78 is 94.0. The van der Waals surface area contributed by atoms with Gasteiger partial charge in [0.2, 0.25) is 0 Å². The molecule has 0 radical (unpaired) electrons. The number of hydrogen-bond acceptors (Lipinski definition) is 3. The number of carboxylic acid groups (broad SMARTS) is 1. The second kappa shape index (κ2) is 12.7. The van der Waals surface area contributed by atoms with Crippen LogP contribution in [-0.2, 0) is 17.1 Å². The van der Waals surface area contributed by atoms with Crippen LogP contribution in [0, 0.1) is 18.7 Å². The minimum absolute atomic E-state index is 0.0675. The molecule has 6 nitrogen and oxygen atoms in total. The zero-order valence-corrected chi connectivity index (χ0v) is 23.7. The minimum atomic E-state index is -4.98. The monoisotopic (exact) mass is 617 g/mol. The Labute approximate surface area is 244 Å². The normalized spacial score (nSPS) is 22.7. The first kappa shape index (κ1) is 32.6. The lowest BCUT2D eigenvalue weighted by Crippen LogP contribution is -2.56. The molecule has 1 saturated carbocycles. The van der Waals surface area contributed by atoms with Crippen LogP contribution in [0.15, 0.2) is 36.4 Å². The van der Waals surface area contributed by atoms with E-state index in [1.54, 1.807) is 17.9 Å². The fourth-order valence-corrected chi connectivity index (χ4v) is 6.07. The molecule has 13 heteroatoms. The quantitative estimate of drug-likeness (QED) is 0.343. The molecular formula is C30H34F7N3O3. The number of nitrogens with zero attached hydrogens (tertiary/aromatic N) is 2. The zero-order chi connectivity index (χ0) is 31.7. The van der Waals surface area contributed by atoms with Crippen LogP contribution in [0.2, 0.25) is 0 Å². The van der Waals surface area contributed by atoms with Crippen molar-refractivity contribution in [3.05, 3.63) is 70.0 Å². The van der Waals surface area contributed by atoms with Crippen LogP contribution in [0.3, 0.4) is 0 Å². The first-order valence-electron chi connectivity index (χ1n) is 14.1. The van der Waals surface area contributed by atoms with Gasteiger partial charge in [-0.2, -0.15) is 26.3 Å². The lowest BCUT2D eigenvalue weighted by atomic mass is 9.84. The highest BCUT2D eigenvalue weighted by molar-refractivity contribution is 5.75. The second-order valence-electron chi connectivity index (χ2n) is 11.5. The number of carboxylic acids is 1. The summed E-state index contributed by atoms with van der Waals surface area (Å²) in [5, 5.41) is 12.0. The number of nitrogens with one attached hydrogen (secondary N) is 1. The fraction of sp³-hybridized carbons (Fsp3) is 0.533. The molecule has 2 fully saturated rings. The third-order valence-corrected chi connectivity index (χ3v) is 8.56. The number of aliphatic carboxylic acids is 1. The van der Waals surface area contributed by atoms with E-state index in [0.717, 1.165) is 0 Å². The zero-order valence-electron chi connectivity index (χ0n) is 23.7. The molecule has 43 heavy (non-hydrogen) atoms. The van der Waals surface area contributed by atoms with Crippen molar-refractivity contribution in [2.24, 2.45) is 5.92 Å². The summed E-state index contributed by atoms with van der Waals surface area (Å²) in [5.74, 6) is -2.51. The van der Waals surface area contributed by atoms with Crippen molar-refractivity contribution < 1.29 is 45.4 Å². The van der Waals surface area contributed by atoms with Crippen LogP contribution in [0.5, 0.6) is 0 Å². The summed E-state index contributed by atoms with van der Waals surface area (Å²) in [6, 6.07) is 4.71. The standard InChI is InChI=1S/C30H34F7N3O3/c1-17-11-23(31)5-8-25(17)26-16-39(24-6-3-19(4-7-24)27(41)42)9-10-40(26)28(43)38-15-18(2)20-12-21(29(32,33)34)14-22(13-20)30(35,36)37/h5,8,11-14,18-19,24,26H,3-4,6-7,9-10,15-16H2,1-2H3,(H,38,43)(H,41,42)/t18-,19?,24?,26?/m0/s1. The molecule has 1 aliphatic carbocycles. The number of piperazine rings is 1. The van der Waals surface area contributed by atoms with E-state index in [1.807, 2.05) is 0 Å². The predicted molar refractivity (Wildman–Crippen MR) is 144 cm³/mol. The largest absolute Gasteiger partial charge is 0.481 e. The third-order valence-electron chi connectivity index (χ3n) is 8.56. The van der Waals surface area contributed by atoms with E-state index >= 15 is 0 Å². The maximum Gasteiger partial charge on any atom is 0.416 e. The summed E-state index contributed by atoms with van der Waals surface area (Å²) >= 11 is 0. The number of amides is 2. The number of halogens is 7. The molecule has 2 atom stereocenters. The minimum Gasteiger partial charge on any atom is -0.481 e. The Morgan fingerprint density at radius 3 is 2.09 bits per heavy atom. The Bertz CT molecular complexity index is 1290. The molecule has 236 valence electrons. The Hall–Kier alpha value is -3.35. The van der Waals surface area contributed by atoms with Gasteiger partial charge >= 0.3 is 24.4 Å². The lowest BCUT2D eigenvalue weighted by Gasteiger charge is -2.46. The molecular weight excluding hydrogens is 583 g/mol. The van der Waals surface area contributed by atoms with Crippen molar-refractivity contribution in [3.63, 3.8) is 0 Å². The molecule has 4 rings (SSSR count). The number of aryl methyl sites for hydroxylation is 1. The van der Waals surface area contributed by atoms with E-state index in [-0.39, 0.29) is 36.7 Å². The van der Waals surface area contributed by atoms with E-state index in [9.17, 15) is 45.4 Å². The van der Waals surface area contributed by atoms with Crippen molar-refractivity contribution in [3.8, 4) is 0 Å². The van der Waals surface area contributed by atoms with E-state index < -0.39 is 53.3 Å². The molecule has 0 aromatic heterocycles. The molecule has 2 aliphatic rings. The van der Waals surface area contributed by atoms with Gasteiger partial charge in [0.05, 0.1) is 23.1 Å². The van der Waals surface area contributed by atoms with Crippen LogP contribution in [-0.4, -0.2) is 59.1 Å². The second-order valence-corrected chi connectivity index (χ2v) is 11.5. The molecule has 1 saturated heterocycles. The van der Waals surface area contributed by atoms with Crippen molar-refractivity contribution in [1.29, 1.82) is 0 Å². The SMILES string of the molecule is Cc1cc(F)ccc1C1CN(C2CCC(C(=O)O)CC2)CCN1C(=O)NC[C@H](C)c1cc(C(F)(F)F)cc(C(F)(F)F)c1. The van der Waals surface area contributed by atoms with Gasteiger partial charge < -0.3 is 15.3 Å². The molecule has 0 spiro atoms. The highest BCUT2D eigenvalue weighted by atomic mass is 19.4. The first-order chi connectivity index (χ1) is 20.0. The highest BCUT2D eigenvalue weighted by Crippen LogP contribution is 2.38. The molecule has 2 aromatic carbocycles. The molecule has 0 bridgehead atoms. The number of benzene rings is 2. The Balaban J connectivity index is 1.51. The number of carbonyl (C=O) groups excluding carboxylic acids is 1. The van der Waals surface area contributed by atoms with Gasteiger partial charge in [-0.3, -0.25) is 9.69 Å². The topological polar surface area (TPSA) is 72.9 Å². The van der Waals surface area contributed by atoms with E-state index in [4.69, 9.17) is 0 Å². The third kappa shape index (κ3) is 7.79. The van der Waals surface area contributed by atoms with Crippen molar-refractivity contribution >= 4 is 12.0 Å². The van der Waals surface area contributed by atoms with Crippen molar-refractivity contribution in [2.75, 3.05) is 26.2 Å². The van der Waals surface area contributed by atoms with Crippen LogP contribution < -0.4 is 5.32 Å². The maximum absolute atomic E-state index is 13.9. The average Bonchev–Trinajstić information content (AvgIpc) is 2.94. The molecule has 1 heterocycles. The van der Waals surface area contributed by atoms with Crippen LogP contribution in [0.25, 0.3) is 0 Å². The number of carbonyl (C=O) groups is 2. The van der Waals surface area contributed by atoms with Gasteiger partial charge in [-0.05, 0) is 85.5 Å². The number of hydrogen-bond donors (Lipinski definition) is 2. The van der Waals surface area contributed by atoms with E-state index in [1.165, 1.54) is 19.1 Å². The Morgan fingerprint density at radius 1 is 0.953 bits per heavy atom. The van der Waals surface area contributed by atoms with Gasteiger partial charge in [0.1, 0.15) is 5.82 Å². The Morgan fingerprint density at radius 2 is 1.56 bits per heavy atom. The fourth-order valence-electron chi connectivity index (χ4n) is 6.07. The lowest BCUT2D eigenvalue weighted by molar-refractivity contribution is -0.144. The van der Waals surface area contributed by atoms with E-state index in [2.05, 4.69) is 10.2 Å². The summed E-state index contributed by atoms with van der Waals surface area (Å²) in [5.41, 5.74) is -1.72. The van der Waals surface area contributed by atoms with Crippen LogP contribution in [0.4, 0.5) is 35.5 Å². The van der Waals surface area contributed by atoms with E-state index in [0.29, 0.717) is 62.0 Å². The maximum atomic E-state index is 13.9. The van der Waals surface area contributed by atoms with Gasteiger partial charge in [0, 0.05) is 32.2 Å². The van der Waals surface area contributed by atoms with Gasteiger partial charge in [0.25, 0.3) is 0 Å². The van der Waals surface area contributed by atoms with Crippen LogP contribution in [0.1, 0.15) is 72.4 Å². The van der Waals surface area contributed by atoms with Gasteiger partial charge in [-0.15, -0.1) is 0 Å². The predicted octanol–water partition coefficient (Wildman–Crippen LogP) is 6.99. The molecule has 1 unspecified atom stereocenters. The van der Waals surface area contributed by atoms with Gasteiger partial charge in [0.15, 0.2) is 0 Å². The van der Waals surface area contributed by atoms with Crippen molar-refractivity contribution in [1.82, 2.24) is 15.1 Å². The van der Waals surface area contributed by atoms with Crippen LogP contribution >= 0.6 is 0 Å². The molecule has 2 N–H and O–H groups in total. The molecule has 2 aromatic rings. The first-order valence-corrected chi connectivity index (χ1v) is 14.1. The summed E-state index contributed by atoms with van der Waals surface area (Å²) in [4.78, 5) is 28.6. The highest BCUT2D eigenvalue weighted by Gasteiger charge is 2.39. The number of urea groups is 1. The summed E-state index contributed by atoms with van der Waals surface area (Å²) in [6.07, 6.45) is -7.49.